The van der Waals surface area contributed by atoms with Crippen molar-refractivity contribution >= 4 is 0 Å². The number of hydrogen-bond donors (Lipinski definition) is 2. The second kappa shape index (κ2) is 7.06. The zero-order valence-corrected chi connectivity index (χ0v) is 16.3. The summed E-state index contributed by atoms with van der Waals surface area (Å²) in [6.07, 6.45) is 6.25. The number of nitrogens with one attached hydrogen (secondary N) is 1. The van der Waals surface area contributed by atoms with E-state index in [-0.39, 0.29) is 5.92 Å². The van der Waals surface area contributed by atoms with Crippen LogP contribution in [0, 0.1) is 19.1 Å². The van der Waals surface area contributed by atoms with E-state index in [1.54, 1.807) is 6.20 Å². The van der Waals surface area contributed by atoms with Crippen molar-refractivity contribution in [1.82, 2.24) is 24.9 Å². The molecule has 4 heterocycles. The Hall–Kier alpha value is -2.65. The molecular formula is C20H24N6O2. The van der Waals surface area contributed by atoms with Gasteiger partial charge in [-0.1, -0.05) is 0 Å². The fourth-order valence-corrected chi connectivity index (χ4v) is 3.60. The van der Waals surface area contributed by atoms with Gasteiger partial charge < -0.3 is 10.2 Å². The highest BCUT2D eigenvalue weighted by atomic mass is 16.9. The molecule has 0 bridgehead atoms. The first-order valence-electron chi connectivity index (χ1n) is 9.32. The van der Waals surface area contributed by atoms with Crippen LogP contribution in [-0.2, 0) is 0 Å². The van der Waals surface area contributed by atoms with Crippen molar-refractivity contribution in [2.24, 2.45) is 0 Å². The van der Waals surface area contributed by atoms with Crippen molar-refractivity contribution in [3.63, 3.8) is 0 Å². The first-order valence-corrected chi connectivity index (χ1v) is 9.32. The SMILES string of the molecule is Cc1nc(-c2cc(-c3cncc(C4CCN([N+](C)([O-])O)C4)c3)ccn2)[nH]c1C. The summed E-state index contributed by atoms with van der Waals surface area (Å²) in [4.78, 5) is 15.3. The van der Waals surface area contributed by atoms with Gasteiger partial charge in [0.1, 0.15) is 12.7 Å². The number of quaternary nitrogens is 1. The lowest BCUT2D eigenvalue weighted by Gasteiger charge is -2.36. The van der Waals surface area contributed by atoms with Crippen LogP contribution in [0.2, 0.25) is 0 Å². The monoisotopic (exact) mass is 380 g/mol. The normalized spacial score (nSPS) is 19.7. The lowest BCUT2D eigenvalue weighted by Crippen LogP contribution is -2.49. The number of nitrogens with zero attached hydrogens (tertiary/aromatic N) is 5. The van der Waals surface area contributed by atoms with E-state index >= 15 is 0 Å². The van der Waals surface area contributed by atoms with Gasteiger partial charge in [0, 0.05) is 35.8 Å². The molecule has 1 fully saturated rings. The molecule has 4 rings (SSSR count). The van der Waals surface area contributed by atoms with Gasteiger partial charge >= 0.3 is 0 Å². The van der Waals surface area contributed by atoms with Crippen LogP contribution < -0.4 is 0 Å². The Morgan fingerprint density at radius 1 is 1.25 bits per heavy atom. The van der Waals surface area contributed by atoms with Gasteiger partial charge in [0.25, 0.3) is 0 Å². The summed E-state index contributed by atoms with van der Waals surface area (Å²) < 4.78 is 0. The summed E-state index contributed by atoms with van der Waals surface area (Å²) in [5.74, 6) is 0.922. The molecule has 2 N–H and O–H groups in total. The average molecular weight is 380 g/mol. The van der Waals surface area contributed by atoms with Crippen LogP contribution in [0.25, 0.3) is 22.6 Å². The number of hydrogen-bond acceptors (Lipinski definition) is 6. The highest BCUT2D eigenvalue weighted by Gasteiger charge is 2.32. The summed E-state index contributed by atoms with van der Waals surface area (Å²) in [6, 6.07) is 6.05. The number of aromatic nitrogens is 4. The molecular weight excluding hydrogens is 356 g/mol. The molecule has 0 saturated carbocycles. The molecule has 0 amide bonds. The lowest BCUT2D eigenvalue weighted by molar-refractivity contribution is -1.14. The Morgan fingerprint density at radius 2 is 2.07 bits per heavy atom. The van der Waals surface area contributed by atoms with Crippen LogP contribution in [-0.4, -0.2) is 55.2 Å². The third-order valence-electron chi connectivity index (χ3n) is 5.39. The molecule has 2 unspecified atom stereocenters. The van der Waals surface area contributed by atoms with Gasteiger partial charge in [-0.2, -0.15) is 5.21 Å². The topological polar surface area (TPSA) is 101 Å². The molecule has 0 radical (unpaired) electrons. The minimum atomic E-state index is -1.38. The predicted octanol–water partition coefficient (Wildman–Crippen LogP) is 3.19. The van der Waals surface area contributed by atoms with Gasteiger partial charge in [0.2, 0.25) is 0 Å². The van der Waals surface area contributed by atoms with E-state index in [1.807, 2.05) is 38.4 Å². The van der Waals surface area contributed by atoms with Crippen LogP contribution in [0.1, 0.15) is 29.3 Å². The largest absolute Gasteiger partial charge is 0.578 e. The third-order valence-corrected chi connectivity index (χ3v) is 5.39. The summed E-state index contributed by atoms with van der Waals surface area (Å²) in [5, 5.41) is 22.9. The number of pyridine rings is 2. The van der Waals surface area contributed by atoms with E-state index in [0.717, 1.165) is 46.0 Å². The first kappa shape index (κ1) is 18.7. The van der Waals surface area contributed by atoms with Gasteiger partial charge in [-0.25, -0.2) is 4.98 Å². The van der Waals surface area contributed by atoms with Crippen molar-refractivity contribution in [1.29, 1.82) is 0 Å². The molecule has 3 aromatic rings. The van der Waals surface area contributed by atoms with E-state index in [1.165, 1.54) is 12.1 Å². The molecule has 3 aromatic heterocycles. The number of aromatic amines is 1. The van der Waals surface area contributed by atoms with E-state index in [0.29, 0.717) is 13.1 Å². The van der Waals surface area contributed by atoms with E-state index < -0.39 is 4.92 Å². The van der Waals surface area contributed by atoms with Crippen LogP contribution >= 0.6 is 0 Å². The maximum absolute atomic E-state index is 11.8. The summed E-state index contributed by atoms with van der Waals surface area (Å²) in [7, 11) is 1.23. The summed E-state index contributed by atoms with van der Waals surface area (Å²) in [6.45, 7) is 5.03. The van der Waals surface area contributed by atoms with Crippen molar-refractivity contribution < 1.29 is 10.1 Å². The number of rotatable bonds is 4. The van der Waals surface area contributed by atoms with Crippen molar-refractivity contribution in [2.45, 2.75) is 26.2 Å². The van der Waals surface area contributed by atoms with Gasteiger partial charge in [0.15, 0.2) is 5.82 Å². The predicted molar refractivity (Wildman–Crippen MR) is 105 cm³/mol. The quantitative estimate of drug-likeness (QED) is 0.532. The number of hydroxylamine groups is 2. The van der Waals surface area contributed by atoms with Crippen LogP contribution in [0.5, 0.6) is 0 Å². The van der Waals surface area contributed by atoms with Gasteiger partial charge in [-0.05, 0) is 49.6 Å². The van der Waals surface area contributed by atoms with Crippen LogP contribution in [0.3, 0.4) is 0 Å². The molecule has 2 atom stereocenters. The molecule has 0 aromatic carbocycles. The maximum atomic E-state index is 11.8. The first-order chi connectivity index (χ1) is 13.3. The molecule has 1 saturated heterocycles. The van der Waals surface area contributed by atoms with E-state index in [9.17, 15) is 10.4 Å². The molecule has 1 aliphatic rings. The Morgan fingerprint density at radius 3 is 2.75 bits per heavy atom. The third kappa shape index (κ3) is 3.67. The summed E-state index contributed by atoms with van der Waals surface area (Å²) in [5.41, 5.74) is 5.84. The maximum Gasteiger partial charge on any atom is 0.156 e. The van der Waals surface area contributed by atoms with Gasteiger partial charge in [-0.15, -0.1) is 9.93 Å². The Kier molecular flexibility index (Phi) is 4.72. The van der Waals surface area contributed by atoms with Gasteiger partial charge in [-0.3, -0.25) is 9.97 Å². The molecule has 1 aliphatic heterocycles. The molecule has 8 heteroatoms. The molecule has 146 valence electrons. The fraction of sp³-hybridized carbons (Fsp3) is 0.350. The Balaban J connectivity index is 1.61. The minimum Gasteiger partial charge on any atom is -0.578 e. The Labute approximate surface area is 163 Å². The van der Waals surface area contributed by atoms with Crippen molar-refractivity contribution in [3.05, 3.63) is 58.9 Å². The molecule has 8 nitrogen and oxygen atoms in total. The molecule has 28 heavy (non-hydrogen) atoms. The van der Waals surface area contributed by atoms with Crippen LogP contribution in [0.15, 0.2) is 36.8 Å². The number of H-pyrrole nitrogens is 1. The second-order valence-electron chi connectivity index (χ2n) is 7.47. The fourth-order valence-electron chi connectivity index (χ4n) is 3.60. The Bertz CT molecular complexity index is 975. The highest BCUT2D eigenvalue weighted by molar-refractivity contribution is 5.68. The number of imidazole rings is 1. The minimum absolute atomic E-state index is 0.169. The van der Waals surface area contributed by atoms with Crippen LogP contribution in [0.4, 0.5) is 0 Å². The standard InChI is InChI=1S/C20H24N6O2/c1-13-14(2)24-20(23-13)19-9-15(4-6-22-19)17-8-18(11-21-10-17)16-5-7-25(12-16)26(3,27)28/h4,6,8-11,16,27H,5,7,12H2,1-3H3,(H,23,24). The summed E-state index contributed by atoms with van der Waals surface area (Å²) >= 11 is 0. The highest BCUT2D eigenvalue weighted by Crippen LogP contribution is 2.31. The zero-order chi connectivity index (χ0) is 19.9. The van der Waals surface area contributed by atoms with Gasteiger partial charge in [0.05, 0.1) is 18.8 Å². The van der Waals surface area contributed by atoms with E-state index in [2.05, 4.69) is 26.0 Å². The zero-order valence-electron chi connectivity index (χ0n) is 16.3. The number of aryl methyl sites for hydroxylation is 2. The van der Waals surface area contributed by atoms with Crippen molar-refractivity contribution in [2.75, 3.05) is 20.1 Å². The smallest absolute Gasteiger partial charge is 0.156 e. The average Bonchev–Trinajstić information content (AvgIpc) is 3.30. The second-order valence-corrected chi connectivity index (χ2v) is 7.47. The molecule has 0 spiro atoms. The molecule has 0 aliphatic carbocycles. The van der Waals surface area contributed by atoms with Crippen molar-refractivity contribution in [3.8, 4) is 22.6 Å². The van der Waals surface area contributed by atoms with E-state index in [4.69, 9.17) is 0 Å². The lowest BCUT2D eigenvalue weighted by atomic mass is 9.97.